The molecule has 0 aliphatic carbocycles. The molecule has 1 amide bonds. The molecule has 0 saturated heterocycles. The molecule has 7 nitrogen and oxygen atoms in total. The molecule has 3 heterocycles. The van der Waals surface area contributed by atoms with Gasteiger partial charge in [0.05, 0.1) is 5.56 Å². The fourth-order valence-corrected chi connectivity index (χ4v) is 3.38. The molecule has 0 bridgehead atoms. The van der Waals surface area contributed by atoms with E-state index in [9.17, 15) is 4.79 Å². The third kappa shape index (κ3) is 4.51. The largest absolute Gasteiger partial charge is 0.405 e. The molecule has 0 fully saturated rings. The van der Waals surface area contributed by atoms with Gasteiger partial charge in [0.15, 0.2) is 0 Å². The highest BCUT2D eigenvalue weighted by Crippen LogP contribution is 2.21. The van der Waals surface area contributed by atoms with Gasteiger partial charge in [0.1, 0.15) is 5.82 Å². The van der Waals surface area contributed by atoms with Gasteiger partial charge in [-0.1, -0.05) is 6.07 Å². The fraction of sp³-hybridized carbons (Fsp3) is 0.0833. The van der Waals surface area contributed by atoms with E-state index in [0.29, 0.717) is 23.6 Å². The van der Waals surface area contributed by atoms with Gasteiger partial charge < -0.3 is 16.4 Å². The third-order valence-corrected chi connectivity index (χ3v) is 4.94. The van der Waals surface area contributed by atoms with Crippen molar-refractivity contribution in [2.45, 2.75) is 13.5 Å². The van der Waals surface area contributed by atoms with Gasteiger partial charge in [-0.05, 0) is 66.5 Å². The molecule has 31 heavy (non-hydrogen) atoms. The van der Waals surface area contributed by atoms with Crippen molar-refractivity contribution >= 4 is 34.3 Å². The molecule has 0 unspecified atom stereocenters. The number of carbonyl (C=O) groups excluding carboxylic acids is 1. The van der Waals surface area contributed by atoms with Crippen LogP contribution in [0.2, 0.25) is 0 Å². The van der Waals surface area contributed by atoms with E-state index >= 15 is 0 Å². The number of benzene rings is 1. The normalized spacial score (nSPS) is 11.0. The maximum atomic E-state index is 13.0. The van der Waals surface area contributed by atoms with Crippen molar-refractivity contribution in [2.75, 3.05) is 10.6 Å². The summed E-state index contributed by atoms with van der Waals surface area (Å²) in [6.45, 7) is 2.40. The van der Waals surface area contributed by atoms with Crippen molar-refractivity contribution < 1.29 is 4.79 Å². The zero-order valence-electron chi connectivity index (χ0n) is 17.0. The molecule has 0 aliphatic rings. The Labute approximate surface area is 180 Å². The predicted molar refractivity (Wildman–Crippen MR) is 123 cm³/mol. The highest BCUT2D eigenvalue weighted by molar-refractivity contribution is 6.08. The molecule has 7 heteroatoms. The van der Waals surface area contributed by atoms with Crippen molar-refractivity contribution in [1.82, 2.24) is 15.0 Å². The number of nitrogens with zero attached hydrogens (tertiary/aromatic N) is 3. The van der Waals surface area contributed by atoms with E-state index in [1.165, 1.54) is 6.20 Å². The van der Waals surface area contributed by atoms with E-state index in [4.69, 9.17) is 5.73 Å². The van der Waals surface area contributed by atoms with Crippen molar-refractivity contribution in [3.8, 4) is 0 Å². The Morgan fingerprint density at radius 3 is 2.84 bits per heavy atom. The number of aryl methyl sites for hydroxylation is 1. The first-order valence-corrected chi connectivity index (χ1v) is 9.82. The lowest BCUT2D eigenvalue weighted by Crippen LogP contribution is -2.16. The minimum absolute atomic E-state index is 0.244. The second-order valence-electron chi connectivity index (χ2n) is 6.97. The van der Waals surface area contributed by atoms with Crippen LogP contribution in [-0.4, -0.2) is 20.9 Å². The van der Waals surface area contributed by atoms with Crippen LogP contribution < -0.4 is 16.4 Å². The van der Waals surface area contributed by atoms with E-state index in [-0.39, 0.29) is 5.91 Å². The number of anilines is 2. The highest BCUT2D eigenvalue weighted by Gasteiger charge is 2.13. The molecule has 0 saturated carbocycles. The van der Waals surface area contributed by atoms with Crippen molar-refractivity contribution in [3.05, 3.63) is 95.8 Å². The first-order chi connectivity index (χ1) is 15.2. The summed E-state index contributed by atoms with van der Waals surface area (Å²) in [5.74, 6) is 0.256. The number of fused-ring (bicyclic) bond motifs is 1. The van der Waals surface area contributed by atoms with Crippen LogP contribution in [0.4, 0.5) is 11.5 Å². The van der Waals surface area contributed by atoms with Crippen LogP contribution in [0.25, 0.3) is 16.8 Å². The lowest BCUT2D eigenvalue weighted by atomic mass is 10.1. The van der Waals surface area contributed by atoms with Gasteiger partial charge in [-0.3, -0.25) is 14.8 Å². The van der Waals surface area contributed by atoms with Gasteiger partial charge in [-0.2, -0.15) is 0 Å². The van der Waals surface area contributed by atoms with Gasteiger partial charge >= 0.3 is 0 Å². The molecule has 0 spiro atoms. The molecular weight excluding hydrogens is 388 g/mol. The molecular formula is C24H22N6O. The molecule has 154 valence electrons. The number of hydrogen-bond acceptors (Lipinski definition) is 6. The second kappa shape index (κ2) is 9.04. The lowest BCUT2D eigenvalue weighted by molar-refractivity contribution is 0.102. The Morgan fingerprint density at radius 1 is 1.06 bits per heavy atom. The Hall–Kier alpha value is -4.26. The second-order valence-corrected chi connectivity index (χ2v) is 6.97. The highest BCUT2D eigenvalue weighted by atomic mass is 16.1. The Morgan fingerprint density at radius 2 is 1.97 bits per heavy atom. The molecule has 3 aromatic heterocycles. The Kier molecular flexibility index (Phi) is 5.84. The van der Waals surface area contributed by atoms with Crippen LogP contribution in [0.5, 0.6) is 0 Å². The summed E-state index contributed by atoms with van der Waals surface area (Å²) in [7, 11) is 0. The fourth-order valence-electron chi connectivity index (χ4n) is 3.38. The van der Waals surface area contributed by atoms with Crippen LogP contribution in [0.1, 0.15) is 27.2 Å². The van der Waals surface area contributed by atoms with E-state index in [0.717, 1.165) is 27.6 Å². The average Bonchev–Trinajstić information content (AvgIpc) is 2.79. The summed E-state index contributed by atoms with van der Waals surface area (Å²) >= 11 is 0. The summed E-state index contributed by atoms with van der Waals surface area (Å²) in [6.07, 6.45) is 10.2. The molecule has 1 aromatic carbocycles. The SMILES string of the molecule is Cc1nccc(CNc2ncccc2C(=O)Nc2ccc3ccncc3c2)c1/C=C\N. The lowest BCUT2D eigenvalue weighted by Gasteiger charge is -2.13. The smallest absolute Gasteiger partial charge is 0.259 e. The minimum atomic E-state index is -0.244. The van der Waals surface area contributed by atoms with Gasteiger partial charge in [0.2, 0.25) is 0 Å². The maximum absolute atomic E-state index is 13.0. The van der Waals surface area contributed by atoms with Crippen LogP contribution in [-0.2, 0) is 6.54 Å². The summed E-state index contributed by atoms with van der Waals surface area (Å²) in [5.41, 5.74) is 9.56. The molecule has 0 atom stereocenters. The first kappa shape index (κ1) is 20.0. The predicted octanol–water partition coefficient (Wildman–Crippen LogP) is 4.13. The minimum Gasteiger partial charge on any atom is -0.405 e. The monoisotopic (exact) mass is 410 g/mol. The first-order valence-electron chi connectivity index (χ1n) is 9.82. The van der Waals surface area contributed by atoms with Crippen molar-refractivity contribution in [3.63, 3.8) is 0 Å². The molecule has 4 N–H and O–H groups in total. The van der Waals surface area contributed by atoms with Crippen molar-refractivity contribution in [1.29, 1.82) is 0 Å². The summed E-state index contributed by atoms with van der Waals surface area (Å²) < 4.78 is 0. The van der Waals surface area contributed by atoms with E-state index in [2.05, 4.69) is 25.6 Å². The number of nitrogens with two attached hydrogens (primary N) is 1. The topological polar surface area (TPSA) is 106 Å². The Balaban J connectivity index is 1.54. The summed E-state index contributed by atoms with van der Waals surface area (Å²) in [4.78, 5) is 25.8. The van der Waals surface area contributed by atoms with Gasteiger partial charge in [0.25, 0.3) is 5.91 Å². The van der Waals surface area contributed by atoms with Gasteiger partial charge in [0, 0.05) is 53.7 Å². The summed E-state index contributed by atoms with van der Waals surface area (Å²) in [6, 6.07) is 13.0. The zero-order chi connectivity index (χ0) is 21.6. The maximum Gasteiger partial charge on any atom is 0.259 e. The van der Waals surface area contributed by atoms with Crippen LogP contribution in [0.3, 0.4) is 0 Å². The number of hydrogen-bond donors (Lipinski definition) is 3. The Bertz CT molecular complexity index is 1270. The number of amides is 1. The molecule has 0 aliphatic heterocycles. The van der Waals surface area contributed by atoms with E-state index in [1.807, 2.05) is 43.3 Å². The van der Waals surface area contributed by atoms with Crippen molar-refractivity contribution in [2.24, 2.45) is 5.73 Å². The van der Waals surface area contributed by atoms with Gasteiger partial charge in [-0.25, -0.2) is 4.98 Å². The van der Waals surface area contributed by atoms with Crippen LogP contribution in [0, 0.1) is 6.92 Å². The number of pyridine rings is 3. The van der Waals surface area contributed by atoms with E-state index in [1.54, 1.807) is 36.9 Å². The number of aromatic nitrogens is 3. The zero-order valence-corrected chi connectivity index (χ0v) is 17.0. The average molecular weight is 410 g/mol. The van der Waals surface area contributed by atoms with E-state index < -0.39 is 0 Å². The number of nitrogens with one attached hydrogen (secondary N) is 2. The van der Waals surface area contributed by atoms with Crippen LogP contribution in [0.15, 0.2) is 73.5 Å². The molecule has 0 radical (unpaired) electrons. The van der Waals surface area contributed by atoms with Gasteiger partial charge in [-0.15, -0.1) is 0 Å². The van der Waals surface area contributed by atoms with Crippen LogP contribution >= 0.6 is 0 Å². The number of rotatable bonds is 6. The molecule has 4 aromatic rings. The molecule has 4 rings (SSSR count). The third-order valence-electron chi connectivity index (χ3n) is 4.94. The standard InChI is InChI=1S/C24H22N6O/c1-16-21(6-9-25)18(8-12-27-16)15-29-23-22(3-2-10-28-23)24(31)30-20-5-4-17-7-11-26-14-19(17)13-20/h2-14H,15,25H2,1H3,(H,28,29)(H,30,31)/b9-6-. The quantitative estimate of drug-likeness (QED) is 0.441. The summed E-state index contributed by atoms with van der Waals surface area (Å²) in [5, 5.41) is 8.23. The number of carbonyl (C=O) groups is 1.